The van der Waals surface area contributed by atoms with Crippen LogP contribution in [0.25, 0.3) is 0 Å². The van der Waals surface area contributed by atoms with E-state index in [9.17, 15) is 14.4 Å². The summed E-state index contributed by atoms with van der Waals surface area (Å²) < 4.78 is 9.40. The highest BCUT2D eigenvalue weighted by molar-refractivity contribution is 5.92. The van der Waals surface area contributed by atoms with Gasteiger partial charge in [-0.3, -0.25) is 0 Å². The quantitative estimate of drug-likeness (QED) is 0.578. The first kappa shape index (κ1) is 16.3. The van der Waals surface area contributed by atoms with Crippen LogP contribution in [0.5, 0.6) is 0 Å². The van der Waals surface area contributed by atoms with Crippen molar-refractivity contribution in [3.05, 3.63) is 29.8 Å². The number of urea groups is 1. The summed E-state index contributed by atoms with van der Waals surface area (Å²) in [5.74, 6) is -0.433. The SMILES string of the molecule is CCOC(=O)NNC(=O)Nc1ccc(C(=O)OCC)cc1. The van der Waals surface area contributed by atoms with Gasteiger partial charge >= 0.3 is 18.1 Å². The Balaban J connectivity index is 2.46. The molecule has 0 aliphatic carbocycles. The molecule has 1 aromatic carbocycles. The standard InChI is InChI=1S/C13H17N3O5/c1-3-20-11(17)9-5-7-10(8-6-9)14-12(18)15-16-13(19)21-4-2/h5-8H,3-4H2,1-2H3,(H,16,19)(H2,14,15,18). The lowest BCUT2D eigenvalue weighted by Gasteiger charge is -2.09. The van der Waals surface area contributed by atoms with Gasteiger partial charge in [0.25, 0.3) is 0 Å². The Bertz CT molecular complexity index is 501. The molecule has 21 heavy (non-hydrogen) atoms. The number of carbonyl (C=O) groups excluding carboxylic acids is 3. The van der Waals surface area contributed by atoms with E-state index in [1.165, 1.54) is 24.3 Å². The van der Waals surface area contributed by atoms with Crippen molar-refractivity contribution in [1.82, 2.24) is 10.9 Å². The number of amides is 3. The number of nitrogens with one attached hydrogen (secondary N) is 3. The fourth-order valence-corrected chi connectivity index (χ4v) is 1.34. The largest absolute Gasteiger partial charge is 0.462 e. The molecule has 0 bridgehead atoms. The predicted octanol–water partition coefficient (Wildman–Crippen LogP) is 1.65. The maximum absolute atomic E-state index is 11.5. The number of esters is 1. The summed E-state index contributed by atoms with van der Waals surface area (Å²) in [6.45, 7) is 3.85. The number of ether oxygens (including phenoxy) is 2. The van der Waals surface area contributed by atoms with Gasteiger partial charge in [-0.1, -0.05) is 0 Å². The van der Waals surface area contributed by atoms with E-state index < -0.39 is 18.1 Å². The van der Waals surface area contributed by atoms with Crippen LogP contribution >= 0.6 is 0 Å². The summed E-state index contributed by atoms with van der Waals surface area (Å²) in [6.07, 6.45) is -0.759. The Morgan fingerprint density at radius 2 is 1.57 bits per heavy atom. The molecule has 0 heterocycles. The molecule has 1 rings (SSSR count). The summed E-state index contributed by atoms with van der Waals surface area (Å²) in [7, 11) is 0. The number of hydrazine groups is 1. The Hall–Kier alpha value is -2.77. The van der Waals surface area contributed by atoms with Crippen LogP contribution in [0.1, 0.15) is 24.2 Å². The average Bonchev–Trinajstić information content (AvgIpc) is 2.46. The van der Waals surface area contributed by atoms with E-state index in [2.05, 4.69) is 20.9 Å². The minimum absolute atomic E-state index is 0.199. The zero-order valence-corrected chi connectivity index (χ0v) is 11.8. The highest BCUT2D eigenvalue weighted by atomic mass is 16.6. The molecule has 0 aromatic heterocycles. The minimum atomic E-state index is -0.759. The van der Waals surface area contributed by atoms with Crippen molar-refractivity contribution in [3.8, 4) is 0 Å². The van der Waals surface area contributed by atoms with E-state index in [0.29, 0.717) is 17.9 Å². The topological polar surface area (TPSA) is 106 Å². The molecule has 3 N–H and O–H groups in total. The van der Waals surface area contributed by atoms with Gasteiger partial charge in [0.05, 0.1) is 18.8 Å². The Kier molecular flexibility index (Phi) is 6.52. The summed E-state index contributed by atoms with van der Waals surface area (Å²) >= 11 is 0. The molecular weight excluding hydrogens is 278 g/mol. The molecule has 0 aliphatic heterocycles. The van der Waals surface area contributed by atoms with Crippen LogP contribution in [0.15, 0.2) is 24.3 Å². The van der Waals surface area contributed by atoms with Gasteiger partial charge in [-0.25, -0.2) is 25.2 Å². The Labute approximate surface area is 121 Å². The monoisotopic (exact) mass is 295 g/mol. The number of hydrogen-bond donors (Lipinski definition) is 3. The van der Waals surface area contributed by atoms with Crippen molar-refractivity contribution in [2.75, 3.05) is 18.5 Å². The van der Waals surface area contributed by atoms with Gasteiger partial charge in [-0.05, 0) is 38.1 Å². The third-order valence-corrected chi connectivity index (χ3v) is 2.21. The van der Waals surface area contributed by atoms with E-state index in [-0.39, 0.29) is 6.61 Å². The van der Waals surface area contributed by atoms with E-state index in [4.69, 9.17) is 4.74 Å². The van der Waals surface area contributed by atoms with Gasteiger partial charge in [-0.2, -0.15) is 0 Å². The Morgan fingerprint density at radius 1 is 0.952 bits per heavy atom. The first-order valence-corrected chi connectivity index (χ1v) is 6.33. The molecule has 3 amide bonds. The number of hydrogen-bond acceptors (Lipinski definition) is 5. The molecule has 8 nitrogen and oxygen atoms in total. The van der Waals surface area contributed by atoms with Crippen LogP contribution in [0.2, 0.25) is 0 Å². The molecule has 8 heteroatoms. The van der Waals surface area contributed by atoms with Gasteiger partial charge < -0.3 is 14.8 Å². The van der Waals surface area contributed by atoms with Crippen molar-refractivity contribution >= 4 is 23.8 Å². The highest BCUT2D eigenvalue weighted by Gasteiger charge is 2.07. The maximum Gasteiger partial charge on any atom is 0.426 e. The lowest BCUT2D eigenvalue weighted by atomic mass is 10.2. The molecule has 1 aromatic rings. The van der Waals surface area contributed by atoms with Crippen molar-refractivity contribution < 1.29 is 23.9 Å². The molecule has 0 spiro atoms. The normalized spacial score (nSPS) is 9.43. The van der Waals surface area contributed by atoms with Crippen molar-refractivity contribution in [3.63, 3.8) is 0 Å². The first-order chi connectivity index (χ1) is 10.1. The van der Waals surface area contributed by atoms with Gasteiger partial charge in [-0.15, -0.1) is 0 Å². The minimum Gasteiger partial charge on any atom is -0.462 e. The van der Waals surface area contributed by atoms with Crippen LogP contribution in [0, 0.1) is 0 Å². The number of anilines is 1. The highest BCUT2D eigenvalue weighted by Crippen LogP contribution is 2.10. The number of benzene rings is 1. The molecule has 0 saturated carbocycles. The van der Waals surface area contributed by atoms with Gasteiger partial charge in [0.1, 0.15) is 0 Å². The third-order valence-electron chi connectivity index (χ3n) is 2.21. The lowest BCUT2D eigenvalue weighted by molar-refractivity contribution is 0.0526. The molecule has 0 unspecified atom stereocenters. The molecule has 0 fully saturated rings. The second-order valence-electron chi connectivity index (χ2n) is 3.72. The molecule has 0 saturated heterocycles. The zero-order valence-electron chi connectivity index (χ0n) is 11.8. The van der Waals surface area contributed by atoms with E-state index in [1.807, 2.05) is 0 Å². The van der Waals surface area contributed by atoms with Crippen molar-refractivity contribution in [2.24, 2.45) is 0 Å². The van der Waals surface area contributed by atoms with Gasteiger partial charge in [0.2, 0.25) is 0 Å². The van der Waals surface area contributed by atoms with Gasteiger partial charge in [0.15, 0.2) is 0 Å². The van der Waals surface area contributed by atoms with Crippen LogP contribution in [-0.2, 0) is 9.47 Å². The smallest absolute Gasteiger partial charge is 0.426 e. The number of rotatable bonds is 4. The summed E-state index contributed by atoms with van der Waals surface area (Å²) in [5, 5.41) is 2.47. The fraction of sp³-hybridized carbons (Fsp3) is 0.308. The van der Waals surface area contributed by atoms with Crippen molar-refractivity contribution in [2.45, 2.75) is 13.8 Å². The molecular formula is C13H17N3O5. The second kappa shape index (κ2) is 8.41. The van der Waals surface area contributed by atoms with Crippen LogP contribution in [-0.4, -0.2) is 31.3 Å². The molecule has 0 radical (unpaired) electrons. The van der Waals surface area contributed by atoms with Crippen LogP contribution < -0.4 is 16.2 Å². The molecule has 0 aliphatic rings. The van der Waals surface area contributed by atoms with Crippen LogP contribution in [0.3, 0.4) is 0 Å². The predicted molar refractivity (Wildman–Crippen MR) is 74.7 cm³/mol. The summed E-state index contributed by atoms with van der Waals surface area (Å²) in [5.41, 5.74) is 4.99. The maximum atomic E-state index is 11.5. The van der Waals surface area contributed by atoms with Crippen molar-refractivity contribution in [1.29, 1.82) is 0 Å². The third kappa shape index (κ3) is 5.81. The van der Waals surface area contributed by atoms with E-state index in [0.717, 1.165) is 0 Å². The first-order valence-electron chi connectivity index (χ1n) is 6.33. The fourth-order valence-electron chi connectivity index (χ4n) is 1.34. The lowest BCUT2D eigenvalue weighted by Crippen LogP contribution is -2.44. The van der Waals surface area contributed by atoms with E-state index >= 15 is 0 Å². The average molecular weight is 295 g/mol. The summed E-state index contributed by atoms with van der Waals surface area (Å²) in [4.78, 5) is 33.8. The Morgan fingerprint density at radius 3 is 2.14 bits per heavy atom. The summed E-state index contributed by atoms with van der Waals surface area (Å²) in [6, 6.07) is 5.47. The van der Waals surface area contributed by atoms with E-state index in [1.54, 1.807) is 13.8 Å². The number of carbonyl (C=O) groups is 3. The molecule has 0 atom stereocenters. The van der Waals surface area contributed by atoms with Gasteiger partial charge in [0, 0.05) is 5.69 Å². The van der Waals surface area contributed by atoms with Crippen LogP contribution in [0.4, 0.5) is 15.3 Å². The zero-order chi connectivity index (χ0) is 15.7. The second-order valence-corrected chi connectivity index (χ2v) is 3.72. The molecule has 114 valence electrons.